The lowest BCUT2D eigenvalue weighted by Crippen LogP contribution is -2.64. The molecule has 3 rings (SSSR count). The molecule has 3 amide bonds. The van der Waals surface area contributed by atoms with Crippen LogP contribution in [0, 0.1) is 11.7 Å². The van der Waals surface area contributed by atoms with Gasteiger partial charge in [-0.05, 0) is 43.4 Å². The molecule has 1 aromatic carbocycles. The predicted octanol–water partition coefficient (Wildman–Crippen LogP) is 2.74. The van der Waals surface area contributed by atoms with Crippen LogP contribution in [-0.2, 0) is 17.9 Å². The van der Waals surface area contributed by atoms with Crippen molar-refractivity contribution in [3.05, 3.63) is 53.4 Å². The van der Waals surface area contributed by atoms with Crippen molar-refractivity contribution in [1.29, 1.82) is 0 Å². The Morgan fingerprint density at radius 1 is 1.21 bits per heavy atom. The molecular formula is C24H32FN5O3. The third kappa shape index (κ3) is 5.23. The van der Waals surface area contributed by atoms with Crippen LogP contribution in [0.5, 0.6) is 0 Å². The molecule has 1 aliphatic heterocycles. The third-order valence-corrected chi connectivity index (χ3v) is 5.88. The number of benzene rings is 1. The van der Waals surface area contributed by atoms with Crippen LogP contribution in [0.2, 0.25) is 0 Å². The molecular weight excluding hydrogens is 425 g/mol. The van der Waals surface area contributed by atoms with E-state index in [0.717, 1.165) is 12.0 Å². The molecule has 0 spiro atoms. The number of carbonyl (C=O) groups is 3. The highest BCUT2D eigenvalue weighted by Crippen LogP contribution is 2.29. The zero-order valence-electron chi connectivity index (χ0n) is 19.7. The summed E-state index contributed by atoms with van der Waals surface area (Å²) in [5.41, 5.74) is -0.124. The molecule has 33 heavy (non-hydrogen) atoms. The highest BCUT2D eigenvalue weighted by atomic mass is 19.1. The lowest BCUT2D eigenvalue weighted by Gasteiger charge is -2.43. The molecule has 2 heterocycles. The maximum Gasteiger partial charge on any atom is 0.273 e. The standard InChI is InChI=1S/C24H32FN5O3/c1-5-12-30-22(32)20-19(21(31)26-11-10-16(2)3)28-15-29(20)14-24(30,4)23(33)27-13-17-6-8-18(25)9-7-17/h6-9,15-16H,5,10-14H2,1-4H3,(H,26,31)(H,27,33)/t24-/m1/s1. The number of nitrogens with zero attached hydrogens (tertiary/aromatic N) is 3. The van der Waals surface area contributed by atoms with E-state index in [1.807, 2.05) is 6.92 Å². The van der Waals surface area contributed by atoms with Gasteiger partial charge in [0, 0.05) is 19.6 Å². The first-order valence-corrected chi connectivity index (χ1v) is 11.4. The fourth-order valence-electron chi connectivity index (χ4n) is 3.96. The minimum atomic E-state index is -1.16. The van der Waals surface area contributed by atoms with Gasteiger partial charge in [0.15, 0.2) is 5.69 Å². The summed E-state index contributed by atoms with van der Waals surface area (Å²) in [5.74, 6) is -1.01. The van der Waals surface area contributed by atoms with Crippen molar-refractivity contribution >= 4 is 17.7 Å². The van der Waals surface area contributed by atoms with Gasteiger partial charge in [-0.1, -0.05) is 32.9 Å². The van der Waals surface area contributed by atoms with Gasteiger partial charge < -0.3 is 20.1 Å². The summed E-state index contributed by atoms with van der Waals surface area (Å²) in [6.45, 7) is 9.02. The number of rotatable bonds is 9. The van der Waals surface area contributed by atoms with Crippen LogP contribution in [-0.4, -0.2) is 50.8 Å². The highest BCUT2D eigenvalue weighted by Gasteiger charge is 2.48. The van der Waals surface area contributed by atoms with Crippen molar-refractivity contribution in [3.63, 3.8) is 0 Å². The molecule has 1 aromatic heterocycles. The van der Waals surface area contributed by atoms with Gasteiger partial charge in [0.25, 0.3) is 11.8 Å². The normalized spacial score (nSPS) is 17.8. The fraction of sp³-hybridized carbons (Fsp3) is 0.500. The number of hydrogen-bond acceptors (Lipinski definition) is 4. The van der Waals surface area contributed by atoms with E-state index in [9.17, 15) is 18.8 Å². The van der Waals surface area contributed by atoms with E-state index in [1.54, 1.807) is 23.6 Å². The maximum absolute atomic E-state index is 13.5. The monoisotopic (exact) mass is 457 g/mol. The first kappa shape index (κ1) is 24.4. The Balaban J connectivity index is 1.81. The molecule has 1 atom stereocenters. The average molecular weight is 458 g/mol. The molecule has 0 radical (unpaired) electrons. The summed E-state index contributed by atoms with van der Waals surface area (Å²) in [5, 5.41) is 5.70. The molecule has 2 aromatic rings. The Bertz CT molecular complexity index is 1020. The summed E-state index contributed by atoms with van der Waals surface area (Å²) < 4.78 is 14.7. The summed E-state index contributed by atoms with van der Waals surface area (Å²) in [4.78, 5) is 45.1. The minimum absolute atomic E-state index is 0.0821. The van der Waals surface area contributed by atoms with Gasteiger partial charge in [-0.3, -0.25) is 14.4 Å². The van der Waals surface area contributed by atoms with Gasteiger partial charge in [0.1, 0.15) is 17.1 Å². The molecule has 0 unspecified atom stereocenters. The third-order valence-electron chi connectivity index (χ3n) is 5.88. The van der Waals surface area contributed by atoms with Crippen LogP contribution in [0.15, 0.2) is 30.6 Å². The molecule has 0 fully saturated rings. The molecule has 9 heteroatoms. The second kappa shape index (κ2) is 10.1. The zero-order valence-corrected chi connectivity index (χ0v) is 19.7. The van der Waals surface area contributed by atoms with Crippen molar-refractivity contribution in [2.45, 2.75) is 59.2 Å². The maximum atomic E-state index is 13.5. The Kier molecular flexibility index (Phi) is 7.50. The predicted molar refractivity (Wildman–Crippen MR) is 122 cm³/mol. The summed E-state index contributed by atoms with van der Waals surface area (Å²) in [6, 6.07) is 5.88. The second-order valence-corrected chi connectivity index (χ2v) is 9.05. The second-order valence-electron chi connectivity index (χ2n) is 9.05. The number of imidazole rings is 1. The van der Waals surface area contributed by atoms with Crippen LogP contribution >= 0.6 is 0 Å². The van der Waals surface area contributed by atoms with E-state index in [0.29, 0.717) is 25.4 Å². The molecule has 0 aliphatic carbocycles. The number of nitrogens with one attached hydrogen (secondary N) is 2. The smallest absolute Gasteiger partial charge is 0.273 e. The van der Waals surface area contributed by atoms with Gasteiger partial charge in [0.05, 0.1) is 12.9 Å². The SMILES string of the molecule is CCCN1C(=O)c2c(C(=O)NCCC(C)C)ncn2C[C@]1(C)C(=O)NCc1ccc(F)cc1. The van der Waals surface area contributed by atoms with Crippen molar-refractivity contribution in [3.8, 4) is 0 Å². The molecule has 0 saturated carbocycles. The van der Waals surface area contributed by atoms with Crippen LogP contribution in [0.1, 0.15) is 67.1 Å². The Hall–Kier alpha value is -3.23. The summed E-state index contributed by atoms with van der Waals surface area (Å²) in [6.07, 6.45) is 2.92. The molecule has 0 saturated heterocycles. The van der Waals surface area contributed by atoms with Crippen molar-refractivity contribution in [2.75, 3.05) is 13.1 Å². The van der Waals surface area contributed by atoms with E-state index < -0.39 is 17.4 Å². The Labute approximate surface area is 193 Å². The van der Waals surface area contributed by atoms with Crippen LogP contribution in [0.4, 0.5) is 4.39 Å². The van der Waals surface area contributed by atoms with E-state index in [-0.39, 0.29) is 36.2 Å². The molecule has 8 nitrogen and oxygen atoms in total. The van der Waals surface area contributed by atoms with Crippen LogP contribution in [0.25, 0.3) is 0 Å². The number of carbonyl (C=O) groups excluding carboxylic acids is 3. The van der Waals surface area contributed by atoms with Gasteiger partial charge in [-0.25, -0.2) is 9.37 Å². The quantitative estimate of drug-likeness (QED) is 0.605. The summed E-state index contributed by atoms with van der Waals surface area (Å²) >= 11 is 0. The van der Waals surface area contributed by atoms with Crippen molar-refractivity contribution in [2.24, 2.45) is 5.92 Å². The molecule has 178 valence electrons. The number of fused-ring (bicyclic) bond motifs is 1. The van der Waals surface area contributed by atoms with Crippen molar-refractivity contribution < 1.29 is 18.8 Å². The van der Waals surface area contributed by atoms with E-state index >= 15 is 0 Å². The first-order chi connectivity index (χ1) is 15.7. The van der Waals surface area contributed by atoms with E-state index in [4.69, 9.17) is 0 Å². The highest BCUT2D eigenvalue weighted by molar-refractivity contribution is 6.07. The Morgan fingerprint density at radius 2 is 1.91 bits per heavy atom. The van der Waals surface area contributed by atoms with Gasteiger partial charge in [0.2, 0.25) is 5.91 Å². The average Bonchev–Trinajstić information content (AvgIpc) is 3.19. The lowest BCUT2D eigenvalue weighted by atomic mass is 9.93. The van der Waals surface area contributed by atoms with Gasteiger partial charge >= 0.3 is 0 Å². The first-order valence-electron chi connectivity index (χ1n) is 11.4. The number of hydrogen-bond donors (Lipinski definition) is 2. The van der Waals surface area contributed by atoms with Gasteiger partial charge in [-0.15, -0.1) is 0 Å². The number of aromatic nitrogens is 2. The van der Waals surface area contributed by atoms with Crippen LogP contribution in [0.3, 0.4) is 0 Å². The molecule has 1 aliphatic rings. The van der Waals surface area contributed by atoms with Crippen molar-refractivity contribution in [1.82, 2.24) is 25.1 Å². The number of amides is 3. The number of halogens is 1. The van der Waals surface area contributed by atoms with E-state index in [2.05, 4.69) is 29.5 Å². The molecule has 0 bridgehead atoms. The van der Waals surface area contributed by atoms with Crippen LogP contribution < -0.4 is 10.6 Å². The summed E-state index contributed by atoms with van der Waals surface area (Å²) in [7, 11) is 0. The lowest BCUT2D eigenvalue weighted by molar-refractivity contribution is -0.133. The zero-order chi connectivity index (χ0) is 24.2. The van der Waals surface area contributed by atoms with E-state index in [1.165, 1.54) is 23.4 Å². The van der Waals surface area contributed by atoms with Gasteiger partial charge in [-0.2, -0.15) is 0 Å². The topological polar surface area (TPSA) is 96.3 Å². The largest absolute Gasteiger partial charge is 0.351 e. The minimum Gasteiger partial charge on any atom is -0.351 e. The fourth-order valence-corrected chi connectivity index (χ4v) is 3.96. The Morgan fingerprint density at radius 3 is 2.55 bits per heavy atom. The molecule has 2 N–H and O–H groups in total.